The Bertz CT molecular complexity index is 440. The van der Waals surface area contributed by atoms with Crippen LogP contribution in [0, 0.1) is 5.92 Å². The summed E-state index contributed by atoms with van der Waals surface area (Å²) >= 11 is 6.01. The van der Waals surface area contributed by atoms with Crippen molar-refractivity contribution in [1.29, 1.82) is 0 Å². The van der Waals surface area contributed by atoms with Gasteiger partial charge in [0.2, 0.25) is 0 Å². The molecular weight excluding hydrogens is 258 g/mol. The van der Waals surface area contributed by atoms with Crippen molar-refractivity contribution in [2.45, 2.75) is 51.2 Å². The molecule has 1 heterocycles. The minimum Gasteiger partial charge on any atom is -0.488 e. The summed E-state index contributed by atoms with van der Waals surface area (Å²) in [7, 11) is 0. The lowest BCUT2D eigenvalue weighted by molar-refractivity contribution is 0.209. The highest BCUT2D eigenvalue weighted by atomic mass is 35.5. The number of rotatable bonds is 3. The Morgan fingerprint density at radius 3 is 2.84 bits per heavy atom. The molecule has 104 valence electrons. The molecule has 1 aromatic carbocycles. The molecule has 19 heavy (non-hydrogen) atoms. The first-order chi connectivity index (χ1) is 9.20. The van der Waals surface area contributed by atoms with E-state index in [4.69, 9.17) is 16.3 Å². The average Bonchev–Trinajstić information content (AvgIpc) is 2.80. The molecule has 1 unspecified atom stereocenters. The minimum absolute atomic E-state index is 0.271. The predicted molar refractivity (Wildman–Crippen MR) is 79.0 cm³/mol. The minimum atomic E-state index is 0.271. The third-order valence-electron chi connectivity index (χ3n) is 4.41. The highest BCUT2D eigenvalue weighted by Gasteiger charge is 2.24. The van der Waals surface area contributed by atoms with Crippen LogP contribution in [0.1, 0.15) is 38.2 Å². The van der Waals surface area contributed by atoms with Crippen LogP contribution in [0.25, 0.3) is 0 Å². The summed E-state index contributed by atoms with van der Waals surface area (Å²) in [5.74, 6) is 1.92. The maximum atomic E-state index is 6.01. The van der Waals surface area contributed by atoms with E-state index in [1.807, 2.05) is 18.2 Å². The van der Waals surface area contributed by atoms with Gasteiger partial charge in [0.25, 0.3) is 0 Å². The van der Waals surface area contributed by atoms with Gasteiger partial charge < -0.3 is 10.1 Å². The van der Waals surface area contributed by atoms with Crippen LogP contribution in [0.4, 0.5) is 0 Å². The van der Waals surface area contributed by atoms with Crippen LogP contribution < -0.4 is 10.1 Å². The van der Waals surface area contributed by atoms with Crippen molar-refractivity contribution < 1.29 is 4.74 Å². The normalized spacial score (nSPS) is 29.9. The summed E-state index contributed by atoms with van der Waals surface area (Å²) in [5.41, 5.74) is 1.25. The van der Waals surface area contributed by atoms with Crippen LogP contribution in [0.5, 0.6) is 5.75 Å². The lowest BCUT2D eigenvalue weighted by Crippen LogP contribution is -2.39. The van der Waals surface area contributed by atoms with Crippen molar-refractivity contribution in [3.05, 3.63) is 28.8 Å². The molecule has 1 fully saturated rings. The van der Waals surface area contributed by atoms with Crippen molar-refractivity contribution in [2.75, 3.05) is 6.54 Å². The first-order valence-electron chi connectivity index (χ1n) is 7.39. The molecule has 1 saturated carbocycles. The molecule has 3 heteroatoms. The SMILES string of the molecule is CC1CCC(NCC2Cc3cc(Cl)ccc3O2)CC1. The monoisotopic (exact) mass is 279 g/mol. The van der Waals surface area contributed by atoms with Crippen molar-refractivity contribution >= 4 is 11.6 Å². The number of fused-ring (bicyclic) bond motifs is 1. The lowest BCUT2D eigenvalue weighted by Gasteiger charge is -2.27. The Kier molecular flexibility index (Phi) is 3.99. The highest BCUT2D eigenvalue weighted by Crippen LogP contribution is 2.31. The number of halogens is 1. The first kappa shape index (κ1) is 13.3. The average molecular weight is 280 g/mol. The molecule has 1 aliphatic heterocycles. The van der Waals surface area contributed by atoms with E-state index in [0.29, 0.717) is 6.04 Å². The van der Waals surface area contributed by atoms with Crippen LogP contribution in [0.3, 0.4) is 0 Å². The predicted octanol–water partition coefficient (Wildman–Crippen LogP) is 3.81. The van der Waals surface area contributed by atoms with E-state index in [1.165, 1.54) is 31.2 Å². The zero-order chi connectivity index (χ0) is 13.2. The smallest absolute Gasteiger partial charge is 0.123 e. The van der Waals surface area contributed by atoms with E-state index < -0.39 is 0 Å². The Morgan fingerprint density at radius 1 is 1.26 bits per heavy atom. The molecule has 1 aromatic rings. The standard InChI is InChI=1S/C16H22ClNO/c1-11-2-5-14(6-3-11)18-10-15-9-12-8-13(17)4-7-16(12)19-15/h4,7-8,11,14-15,18H,2-3,5-6,9-10H2,1H3. The largest absolute Gasteiger partial charge is 0.488 e. The summed E-state index contributed by atoms with van der Waals surface area (Å²) in [6.07, 6.45) is 6.59. The molecule has 0 amide bonds. The molecule has 2 nitrogen and oxygen atoms in total. The second-order valence-corrected chi connectivity index (χ2v) is 6.50. The van der Waals surface area contributed by atoms with Crippen LogP contribution >= 0.6 is 11.6 Å². The van der Waals surface area contributed by atoms with Crippen LogP contribution in [-0.4, -0.2) is 18.7 Å². The topological polar surface area (TPSA) is 21.3 Å². The highest BCUT2D eigenvalue weighted by molar-refractivity contribution is 6.30. The quantitative estimate of drug-likeness (QED) is 0.908. The maximum absolute atomic E-state index is 6.01. The van der Waals surface area contributed by atoms with Crippen molar-refractivity contribution in [1.82, 2.24) is 5.32 Å². The third kappa shape index (κ3) is 3.24. The molecular formula is C16H22ClNO. The molecule has 1 N–H and O–H groups in total. The molecule has 1 atom stereocenters. The second-order valence-electron chi connectivity index (χ2n) is 6.06. The van der Waals surface area contributed by atoms with E-state index in [-0.39, 0.29) is 6.10 Å². The molecule has 0 bridgehead atoms. The number of benzene rings is 1. The van der Waals surface area contributed by atoms with Crippen LogP contribution in [0.15, 0.2) is 18.2 Å². The van der Waals surface area contributed by atoms with E-state index in [0.717, 1.165) is 29.7 Å². The van der Waals surface area contributed by atoms with Gasteiger partial charge in [-0.15, -0.1) is 0 Å². The Labute approximate surface area is 120 Å². The second kappa shape index (κ2) is 5.72. The molecule has 0 radical (unpaired) electrons. The Hall–Kier alpha value is -0.730. The number of ether oxygens (including phenoxy) is 1. The Balaban J connectivity index is 1.48. The van der Waals surface area contributed by atoms with Gasteiger partial charge in [-0.3, -0.25) is 0 Å². The fourth-order valence-corrected chi connectivity index (χ4v) is 3.36. The number of hydrogen-bond acceptors (Lipinski definition) is 2. The van der Waals surface area contributed by atoms with E-state index in [2.05, 4.69) is 12.2 Å². The van der Waals surface area contributed by atoms with E-state index in [1.54, 1.807) is 0 Å². The van der Waals surface area contributed by atoms with Crippen LogP contribution in [0.2, 0.25) is 5.02 Å². The van der Waals surface area contributed by atoms with Gasteiger partial charge in [0.15, 0.2) is 0 Å². The van der Waals surface area contributed by atoms with E-state index in [9.17, 15) is 0 Å². The van der Waals surface area contributed by atoms with Crippen molar-refractivity contribution in [2.24, 2.45) is 5.92 Å². The van der Waals surface area contributed by atoms with Gasteiger partial charge in [-0.1, -0.05) is 18.5 Å². The summed E-state index contributed by atoms with van der Waals surface area (Å²) in [4.78, 5) is 0. The molecule has 0 aromatic heterocycles. The summed E-state index contributed by atoms with van der Waals surface area (Å²) in [5, 5.41) is 4.48. The van der Waals surface area contributed by atoms with Gasteiger partial charge >= 0.3 is 0 Å². The number of nitrogens with one attached hydrogen (secondary N) is 1. The molecule has 2 aliphatic rings. The van der Waals surface area contributed by atoms with E-state index >= 15 is 0 Å². The van der Waals surface area contributed by atoms with Gasteiger partial charge in [0.1, 0.15) is 11.9 Å². The zero-order valence-corrected chi connectivity index (χ0v) is 12.2. The molecule has 0 saturated heterocycles. The Morgan fingerprint density at radius 2 is 2.05 bits per heavy atom. The zero-order valence-electron chi connectivity index (χ0n) is 11.5. The summed E-state index contributed by atoms with van der Waals surface area (Å²) in [6.45, 7) is 3.31. The van der Waals surface area contributed by atoms with Gasteiger partial charge in [-0.25, -0.2) is 0 Å². The number of hydrogen-bond donors (Lipinski definition) is 1. The van der Waals surface area contributed by atoms with Gasteiger partial charge in [0.05, 0.1) is 0 Å². The first-order valence-corrected chi connectivity index (χ1v) is 7.77. The van der Waals surface area contributed by atoms with Crippen molar-refractivity contribution in [3.8, 4) is 5.75 Å². The van der Waals surface area contributed by atoms with Crippen molar-refractivity contribution in [3.63, 3.8) is 0 Å². The van der Waals surface area contributed by atoms with Gasteiger partial charge in [-0.05, 0) is 55.4 Å². The third-order valence-corrected chi connectivity index (χ3v) is 4.65. The van der Waals surface area contributed by atoms with Crippen LogP contribution in [-0.2, 0) is 6.42 Å². The molecule has 1 aliphatic carbocycles. The maximum Gasteiger partial charge on any atom is 0.123 e. The molecule has 3 rings (SSSR count). The van der Waals surface area contributed by atoms with Gasteiger partial charge in [-0.2, -0.15) is 0 Å². The lowest BCUT2D eigenvalue weighted by atomic mass is 9.87. The molecule has 0 spiro atoms. The summed E-state index contributed by atoms with van der Waals surface area (Å²) < 4.78 is 5.95. The van der Waals surface area contributed by atoms with Gasteiger partial charge in [0, 0.05) is 24.0 Å². The fraction of sp³-hybridized carbons (Fsp3) is 0.625. The fourth-order valence-electron chi connectivity index (χ4n) is 3.17. The summed E-state index contributed by atoms with van der Waals surface area (Å²) in [6, 6.07) is 6.60.